The fourth-order valence-electron chi connectivity index (χ4n) is 1.78. The van der Waals surface area contributed by atoms with Gasteiger partial charge in [-0.1, -0.05) is 17.7 Å². The van der Waals surface area contributed by atoms with Gasteiger partial charge in [0.05, 0.1) is 0 Å². The number of benzene rings is 1. The van der Waals surface area contributed by atoms with Crippen molar-refractivity contribution in [3.8, 4) is 5.75 Å². The van der Waals surface area contributed by atoms with Gasteiger partial charge in [-0.05, 0) is 38.8 Å². The number of nitrogens with one attached hydrogen (secondary N) is 1. The number of carbonyl (C=O) groups is 1. The zero-order valence-corrected chi connectivity index (χ0v) is 10.4. The Hall–Kier alpha value is -1.51. The van der Waals surface area contributed by atoms with Crippen LogP contribution in [0.1, 0.15) is 23.6 Å². The van der Waals surface area contributed by atoms with Crippen molar-refractivity contribution in [1.29, 1.82) is 0 Å². The van der Waals surface area contributed by atoms with Crippen molar-refractivity contribution in [2.75, 3.05) is 13.2 Å². The Labute approximate surface area is 96.8 Å². The minimum atomic E-state index is -0.0816. The van der Waals surface area contributed by atoms with Crippen molar-refractivity contribution < 1.29 is 9.53 Å². The topological polar surface area (TPSA) is 38.3 Å². The van der Waals surface area contributed by atoms with E-state index >= 15 is 0 Å². The minimum Gasteiger partial charge on any atom is -0.483 e. The molecule has 16 heavy (non-hydrogen) atoms. The van der Waals surface area contributed by atoms with Crippen LogP contribution in [0.15, 0.2) is 12.1 Å². The van der Waals surface area contributed by atoms with Crippen LogP contribution in [0.2, 0.25) is 0 Å². The molecule has 1 N–H and O–H groups in total. The van der Waals surface area contributed by atoms with Crippen LogP contribution in [0.3, 0.4) is 0 Å². The quantitative estimate of drug-likeness (QED) is 0.845. The van der Waals surface area contributed by atoms with Gasteiger partial charge in [-0.3, -0.25) is 4.79 Å². The van der Waals surface area contributed by atoms with Crippen LogP contribution in [0, 0.1) is 20.8 Å². The maximum absolute atomic E-state index is 11.3. The maximum Gasteiger partial charge on any atom is 0.257 e. The summed E-state index contributed by atoms with van der Waals surface area (Å²) in [5, 5.41) is 2.70. The van der Waals surface area contributed by atoms with E-state index in [9.17, 15) is 4.79 Å². The summed E-state index contributed by atoms with van der Waals surface area (Å²) in [6.07, 6.45) is 0. The fraction of sp³-hybridized carbons (Fsp3) is 0.462. The highest BCUT2D eigenvalue weighted by molar-refractivity contribution is 5.77. The van der Waals surface area contributed by atoms with Gasteiger partial charge in [0.2, 0.25) is 0 Å². The molecule has 0 saturated carbocycles. The van der Waals surface area contributed by atoms with E-state index in [1.165, 1.54) is 5.56 Å². The molecule has 1 aromatic rings. The zero-order chi connectivity index (χ0) is 12.1. The van der Waals surface area contributed by atoms with E-state index in [1.807, 2.05) is 27.7 Å². The molecule has 1 amide bonds. The predicted octanol–water partition coefficient (Wildman–Crippen LogP) is 2.13. The summed E-state index contributed by atoms with van der Waals surface area (Å²) in [6.45, 7) is 8.64. The largest absolute Gasteiger partial charge is 0.483 e. The average molecular weight is 221 g/mol. The average Bonchev–Trinajstić information content (AvgIpc) is 2.16. The first-order chi connectivity index (χ1) is 7.54. The lowest BCUT2D eigenvalue weighted by Crippen LogP contribution is -2.28. The van der Waals surface area contributed by atoms with Crippen molar-refractivity contribution in [3.63, 3.8) is 0 Å². The van der Waals surface area contributed by atoms with E-state index in [0.29, 0.717) is 6.54 Å². The number of amides is 1. The van der Waals surface area contributed by atoms with Crippen LogP contribution >= 0.6 is 0 Å². The molecular weight excluding hydrogens is 202 g/mol. The van der Waals surface area contributed by atoms with Gasteiger partial charge >= 0.3 is 0 Å². The second-order valence-corrected chi connectivity index (χ2v) is 3.97. The molecule has 88 valence electrons. The summed E-state index contributed by atoms with van der Waals surface area (Å²) in [6, 6.07) is 4.11. The molecule has 0 aliphatic rings. The van der Waals surface area contributed by atoms with E-state index in [-0.39, 0.29) is 12.5 Å². The van der Waals surface area contributed by atoms with E-state index in [0.717, 1.165) is 16.9 Å². The van der Waals surface area contributed by atoms with Gasteiger partial charge in [0.15, 0.2) is 6.61 Å². The van der Waals surface area contributed by atoms with Gasteiger partial charge in [0, 0.05) is 6.54 Å². The SMILES string of the molecule is CCNC(=O)COc1c(C)cc(C)cc1C. The van der Waals surface area contributed by atoms with Crippen LogP contribution in [-0.4, -0.2) is 19.1 Å². The number of likely N-dealkylation sites (N-methyl/N-ethyl adjacent to an activating group) is 1. The molecule has 0 radical (unpaired) electrons. The van der Waals surface area contributed by atoms with Gasteiger partial charge in [-0.15, -0.1) is 0 Å². The zero-order valence-electron chi connectivity index (χ0n) is 10.4. The van der Waals surface area contributed by atoms with Crippen LogP contribution < -0.4 is 10.1 Å². The predicted molar refractivity (Wildman–Crippen MR) is 64.8 cm³/mol. The first kappa shape index (κ1) is 12.6. The third-order valence-electron chi connectivity index (χ3n) is 2.33. The number of hydrogen-bond donors (Lipinski definition) is 1. The number of ether oxygens (including phenoxy) is 1. The smallest absolute Gasteiger partial charge is 0.257 e. The Morgan fingerprint density at radius 3 is 2.31 bits per heavy atom. The molecule has 0 aliphatic carbocycles. The Morgan fingerprint density at radius 1 is 1.25 bits per heavy atom. The molecule has 0 spiro atoms. The van der Waals surface area contributed by atoms with Crippen LogP contribution in [0.4, 0.5) is 0 Å². The maximum atomic E-state index is 11.3. The highest BCUT2D eigenvalue weighted by Gasteiger charge is 2.07. The highest BCUT2D eigenvalue weighted by atomic mass is 16.5. The number of rotatable bonds is 4. The van der Waals surface area contributed by atoms with Gasteiger partial charge < -0.3 is 10.1 Å². The van der Waals surface area contributed by atoms with Crippen molar-refractivity contribution in [2.24, 2.45) is 0 Å². The molecule has 0 aliphatic heterocycles. The molecule has 3 nitrogen and oxygen atoms in total. The fourth-order valence-corrected chi connectivity index (χ4v) is 1.78. The third kappa shape index (κ3) is 3.26. The first-order valence-corrected chi connectivity index (χ1v) is 5.52. The van der Waals surface area contributed by atoms with Gasteiger partial charge in [-0.25, -0.2) is 0 Å². The molecule has 0 heterocycles. The number of hydrogen-bond acceptors (Lipinski definition) is 2. The van der Waals surface area contributed by atoms with E-state index in [2.05, 4.69) is 17.4 Å². The summed E-state index contributed by atoms with van der Waals surface area (Å²) < 4.78 is 5.52. The summed E-state index contributed by atoms with van der Waals surface area (Å²) in [5.41, 5.74) is 3.35. The van der Waals surface area contributed by atoms with Crippen molar-refractivity contribution in [1.82, 2.24) is 5.32 Å². The number of aryl methyl sites for hydroxylation is 3. The summed E-state index contributed by atoms with van der Waals surface area (Å²) in [7, 11) is 0. The molecular formula is C13H19NO2. The normalized spacial score (nSPS) is 10.0. The molecule has 0 atom stereocenters. The molecule has 1 rings (SSSR count). The van der Waals surface area contributed by atoms with E-state index < -0.39 is 0 Å². The second kappa shape index (κ2) is 5.54. The van der Waals surface area contributed by atoms with Crippen LogP contribution in [-0.2, 0) is 4.79 Å². The summed E-state index contributed by atoms with van der Waals surface area (Å²) in [5.74, 6) is 0.735. The molecule has 0 aromatic heterocycles. The molecule has 0 bridgehead atoms. The standard InChI is InChI=1S/C13H19NO2/c1-5-14-12(15)8-16-13-10(3)6-9(2)7-11(13)4/h6-7H,5,8H2,1-4H3,(H,14,15). The van der Waals surface area contributed by atoms with E-state index in [1.54, 1.807) is 0 Å². The van der Waals surface area contributed by atoms with Crippen molar-refractivity contribution in [2.45, 2.75) is 27.7 Å². The van der Waals surface area contributed by atoms with Crippen molar-refractivity contribution >= 4 is 5.91 Å². The Balaban J connectivity index is 2.70. The Bertz CT molecular complexity index is 363. The van der Waals surface area contributed by atoms with Crippen LogP contribution in [0.5, 0.6) is 5.75 Å². The lowest BCUT2D eigenvalue weighted by Gasteiger charge is -2.12. The Kier molecular flexibility index (Phi) is 4.35. The molecule has 3 heteroatoms. The monoisotopic (exact) mass is 221 g/mol. The first-order valence-electron chi connectivity index (χ1n) is 5.52. The minimum absolute atomic E-state index is 0.0816. The molecule has 0 unspecified atom stereocenters. The Morgan fingerprint density at radius 2 is 1.81 bits per heavy atom. The summed E-state index contributed by atoms with van der Waals surface area (Å²) >= 11 is 0. The molecule has 0 fully saturated rings. The van der Waals surface area contributed by atoms with Crippen molar-refractivity contribution in [3.05, 3.63) is 28.8 Å². The van der Waals surface area contributed by atoms with Gasteiger partial charge in [0.25, 0.3) is 5.91 Å². The number of carbonyl (C=O) groups excluding carboxylic acids is 1. The highest BCUT2D eigenvalue weighted by Crippen LogP contribution is 2.24. The summed E-state index contributed by atoms with van der Waals surface area (Å²) in [4.78, 5) is 11.3. The third-order valence-corrected chi connectivity index (χ3v) is 2.33. The van der Waals surface area contributed by atoms with Gasteiger partial charge in [0.1, 0.15) is 5.75 Å². The second-order valence-electron chi connectivity index (χ2n) is 3.97. The molecule has 1 aromatic carbocycles. The van der Waals surface area contributed by atoms with Crippen LogP contribution in [0.25, 0.3) is 0 Å². The lowest BCUT2D eigenvalue weighted by atomic mass is 10.1. The lowest BCUT2D eigenvalue weighted by molar-refractivity contribution is -0.122. The van der Waals surface area contributed by atoms with E-state index in [4.69, 9.17) is 4.74 Å². The molecule has 0 saturated heterocycles. The van der Waals surface area contributed by atoms with Gasteiger partial charge in [-0.2, -0.15) is 0 Å².